The molecular formula is C46H60HfSi. The van der Waals surface area contributed by atoms with Gasteiger partial charge in [-0.15, -0.1) is 0 Å². The molecule has 0 saturated heterocycles. The molecule has 0 fully saturated rings. The number of hydrogen-bond donors (Lipinski definition) is 0. The van der Waals surface area contributed by atoms with Crippen molar-refractivity contribution in [3.05, 3.63) is 129 Å². The van der Waals surface area contributed by atoms with Crippen LogP contribution in [0.25, 0.3) is 34.4 Å². The number of aryl methyl sites for hydroxylation is 4. The normalized spacial score (nSPS) is 19.0. The summed E-state index contributed by atoms with van der Waals surface area (Å²) in [6.45, 7) is 16.5. The fraction of sp³-hybridized carbons (Fsp3) is 0.391. The molecule has 0 aromatic heterocycles. The van der Waals surface area contributed by atoms with E-state index in [1.165, 1.54) is 103 Å². The van der Waals surface area contributed by atoms with Gasteiger partial charge in [-0.05, 0) is 0 Å². The third-order valence-corrected chi connectivity index (χ3v) is 70.7. The molecule has 0 nitrogen and oxygen atoms in total. The number of unbranched alkanes of at least 4 members (excludes halogenated alkanes) is 4. The zero-order valence-electron chi connectivity index (χ0n) is 31.3. The molecule has 4 aromatic rings. The maximum atomic E-state index is 2.97. The van der Waals surface area contributed by atoms with Crippen molar-refractivity contribution < 1.29 is 14.2 Å². The van der Waals surface area contributed by atoms with Gasteiger partial charge >= 0.3 is 290 Å². The van der Waals surface area contributed by atoms with Gasteiger partial charge in [-0.25, -0.2) is 0 Å². The second-order valence-electron chi connectivity index (χ2n) is 18.7. The molecule has 2 aliphatic rings. The van der Waals surface area contributed by atoms with Crippen LogP contribution in [0.2, 0.25) is 17.7 Å². The van der Waals surface area contributed by atoms with Crippen molar-refractivity contribution in [1.29, 1.82) is 0 Å². The summed E-state index contributed by atoms with van der Waals surface area (Å²) in [5, 5.41) is 0. The first-order valence-corrected chi connectivity index (χ1v) is 43.8. The predicted molar refractivity (Wildman–Crippen MR) is 215 cm³/mol. The zero-order chi connectivity index (χ0) is 34.4. The average molecular weight is 820 g/mol. The van der Waals surface area contributed by atoms with Crippen molar-refractivity contribution in [1.82, 2.24) is 0 Å². The molecule has 0 spiro atoms. The molecule has 2 aliphatic carbocycles. The van der Waals surface area contributed by atoms with Gasteiger partial charge in [0.1, 0.15) is 0 Å². The molecule has 0 N–H and O–H groups in total. The Balaban J connectivity index is 1.66. The Hall–Kier alpha value is -2.55. The van der Waals surface area contributed by atoms with E-state index in [9.17, 15) is 0 Å². The number of rotatable bonds is 12. The number of fused-ring (bicyclic) bond motifs is 2. The van der Waals surface area contributed by atoms with Gasteiger partial charge in [0.05, 0.1) is 0 Å². The molecule has 252 valence electrons. The Morgan fingerprint density at radius 3 is 1.23 bits per heavy atom. The van der Waals surface area contributed by atoms with E-state index in [4.69, 9.17) is 0 Å². The molecule has 0 bridgehead atoms. The third-order valence-electron chi connectivity index (χ3n) is 14.1. The third kappa shape index (κ3) is 5.31. The Morgan fingerprint density at radius 1 is 0.521 bits per heavy atom. The van der Waals surface area contributed by atoms with Crippen LogP contribution >= 0.6 is 0 Å². The summed E-state index contributed by atoms with van der Waals surface area (Å²) < 4.78 is 9.57. The quantitative estimate of drug-likeness (QED) is 0.0987. The monoisotopic (exact) mass is 820 g/mol. The van der Waals surface area contributed by atoms with Gasteiger partial charge in [0, 0.05) is 0 Å². The molecule has 2 heteroatoms. The molecule has 0 radical (unpaired) electrons. The standard InChI is InChI=1S/2C17H15.2C5H11.2CH3.Hf.H2Si/c2*1-12-6-3-7-13(2)17(12)16-11-5-9-14-8-4-10-15(14)16;2*1-3-5-4-2;;;;/h2*3-11H,1-2H3;2*1,3-5H2,2H3;2*1H3;;1H2. The first-order chi connectivity index (χ1) is 22.7. The van der Waals surface area contributed by atoms with Crippen molar-refractivity contribution in [2.24, 2.45) is 0 Å². The molecule has 6 rings (SSSR count). The van der Waals surface area contributed by atoms with Crippen LogP contribution in [0.1, 0.15) is 104 Å². The van der Waals surface area contributed by atoms with Crippen LogP contribution < -0.4 is 0 Å². The summed E-state index contributed by atoms with van der Waals surface area (Å²) in [6.07, 6.45) is 18.4. The van der Waals surface area contributed by atoms with E-state index in [-0.39, 0.29) is 0 Å². The number of hydrogen-bond acceptors (Lipinski definition) is 0. The van der Waals surface area contributed by atoms with Crippen molar-refractivity contribution in [2.75, 3.05) is 0 Å². The zero-order valence-corrected chi connectivity index (χ0v) is 36.3. The summed E-state index contributed by atoms with van der Waals surface area (Å²) in [7, 11) is 0. The predicted octanol–water partition coefficient (Wildman–Crippen LogP) is 13.7. The molecule has 4 aromatic carbocycles. The molecule has 48 heavy (non-hydrogen) atoms. The van der Waals surface area contributed by atoms with Crippen LogP contribution in [0, 0.1) is 27.7 Å². The van der Waals surface area contributed by atoms with E-state index >= 15 is 0 Å². The van der Waals surface area contributed by atoms with E-state index in [2.05, 4.69) is 155 Å². The summed E-state index contributed by atoms with van der Waals surface area (Å²) in [5.74, 6) is 0. The van der Waals surface area contributed by atoms with Crippen molar-refractivity contribution in [2.45, 2.75) is 105 Å². The Kier molecular flexibility index (Phi) is 8.65. The van der Waals surface area contributed by atoms with E-state index in [0.29, 0.717) is 7.35 Å². The Morgan fingerprint density at radius 2 is 0.875 bits per heavy atom. The van der Waals surface area contributed by atoms with E-state index in [1.54, 1.807) is 11.1 Å². The van der Waals surface area contributed by atoms with Crippen LogP contribution in [-0.2, 0) is 14.2 Å². The van der Waals surface area contributed by atoms with E-state index in [0.717, 1.165) is 0 Å². The fourth-order valence-electron chi connectivity index (χ4n) is 11.3. The summed E-state index contributed by atoms with van der Waals surface area (Å²) in [6, 6.07) is 28.2. The minimum absolute atomic E-state index is 0.449. The summed E-state index contributed by atoms with van der Waals surface area (Å²) in [5.41, 5.74) is 17.3. The molecule has 2 unspecified atom stereocenters. The second-order valence-corrected chi connectivity index (χ2v) is 95.7. The fourth-order valence-corrected chi connectivity index (χ4v) is 60.8. The molecule has 0 amide bonds. The van der Waals surface area contributed by atoms with Gasteiger partial charge in [-0.3, -0.25) is 0 Å². The van der Waals surface area contributed by atoms with Crippen LogP contribution in [0.5, 0.6) is 0 Å². The van der Waals surface area contributed by atoms with Gasteiger partial charge in [0.25, 0.3) is 0 Å². The topological polar surface area (TPSA) is 0 Å². The van der Waals surface area contributed by atoms with Crippen LogP contribution in [-0.4, -0.2) is 6.94 Å². The number of benzene rings is 4. The first-order valence-electron chi connectivity index (χ1n) is 19.0. The summed E-state index contributed by atoms with van der Waals surface area (Å²) >= 11 is -5.16. The summed E-state index contributed by atoms with van der Waals surface area (Å²) in [4.78, 5) is 0. The van der Waals surface area contributed by atoms with Gasteiger partial charge in [0.2, 0.25) is 0 Å². The van der Waals surface area contributed by atoms with E-state index in [1.807, 2.05) is 0 Å². The van der Waals surface area contributed by atoms with Crippen LogP contribution in [0.15, 0.2) is 84.9 Å². The van der Waals surface area contributed by atoms with E-state index < -0.39 is 14.2 Å². The van der Waals surface area contributed by atoms with Crippen molar-refractivity contribution >= 4 is 19.1 Å². The molecule has 0 saturated carbocycles. The molecular weight excluding hydrogens is 759 g/mol. The Labute approximate surface area is 288 Å². The van der Waals surface area contributed by atoms with Gasteiger partial charge < -0.3 is 0 Å². The van der Waals surface area contributed by atoms with Gasteiger partial charge in [-0.2, -0.15) is 0 Å². The second kappa shape index (κ2) is 11.8. The minimum atomic E-state index is -5.16. The average Bonchev–Trinajstić information content (AvgIpc) is 3.70. The number of allylic oxidation sites excluding steroid dienone is 2. The molecule has 2 atom stereocenters. The van der Waals surface area contributed by atoms with Crippen LogP contribution in [0.4, 0.5) is 0 Å². The Bertz CT molecular complexity index is 1910. The SMILES string of the molecule is CCCC[CH2][Hf]([CH3])([CH3])(=[SiH2])([CH2]CCCC)([CH]1C=Cc2c(-c3c(C)cccc3C)cccc21)[CH]1C=Cc2c(-c3c(C)cccc3C)cccc21. The van der Waals surface area contributed by atoms with Gasteiger partial charge in [0.15, 0.2) is 0 Å². The van der Waals surface area contributed by atoms with Crippen LogP contribution in [0.3, 0.4) is 0 Å². The van der Waals surface area contributed by atoms with Crippen molar-refractivity contribution in [3.63, 3.8) is 0 Å². The van der Waals surface area contributed by atoms with Crippen molar-refractivity contribution in [3.8, 4) is 22.3 Å². The first kappa shape index (κ1) is 35.3. The molecule has 0 heterocycles. The maximum absolute atomic E-state index is 5.16. The molecule has 0 aliphatic heterocycles. The van der Waals surface area contributed by atoms with Gasteiger partial charge in [-0.1, -0.05) is 0 Å².